The molecule has 1 atom stereocenters. The zero-order valence-electron chi connectivity index (χ0n) is 17.3. The van der Waals surface area contributed by atoms with Crippen molar-refractivity contribution in [3.8, 4) is 0 Å². The number of carbonyl (C=O) groups is 2. The molecule has 29 heavy (non-hydrogen) atoms. The van der Waals surface area contributed by atoms with Gasteiger partial charge in [0.2, 0.25) is 5.91 Å². The van der Waals surface area contributed by atoms with Gasteiger partial charge in [-0.2, -0.15) is 0 Å². The van der Waals surface area contributed by atoms with Gasteiger partial charge in [-0.25, -0.2) is 0 Å². The average Bonchev–Trinajstić information content (AvgIpc) is 2.67. The van der Waals surface area contributed by atoms with Crippen LogP contribution in [0, 0.1) is 23.2 Å². The second-order valence-corrected chi connectivity index (χ2v) is 9.84. The second kappa shape index (κ2) is 8.05. The summed E-state index contributed by atoms with van der Waals surface area (Å²) in [6, 6.07) is 7.36. The largest absolute Gasteiger partial charge is 0.350 e. The molecule has 1 aromatic rings. The number of hydrogen-bond acceptors (Lipinski definition) is 3. The second-order valence-electron chi connectivity index (χ2n) is 9.43. The van der Waals surface area contributed by atoms with Gasteiger partial charge >= 0.3 is 0 Å². The number of para-hydroxylation sites is 1. The van der Waals surface area contributed by atoms with Gasteiger partial charge in [-0.3, -0.25) is 9.59 Å². The zero-order valence-corrected chi connectivity index (χ0v) is 18.1. The quantitative estimate of drug-likeness (QED) is 0.632. The molecule has 0 heterocycles. The highest BCUT2D eigenvalue weighted by molar-refractivity contribution is 7.80. The Morgan fingerprint density at radius 2 is 1.69 bits per heavy atom. The van der Waals surface area contributed by atoms with Crippen LogP contribution in [0.25, 0.3) is 0 Å². The molecule has 0 aliphatic heterocycles. The summed E-state index contributed by atoms with van der Waals surface area (Å²) < 4.78 is 0. The molecule has 4 bridgehead atoms. The number of rotatable bonds is 5. The number of anilines is 1. The molecule has 6 heteroatoms. The van der Waals surface area contributed by atoms with E-state index in [-0.39, 0.29) is 28.4 Å². The van der Waals surface area contributed by atoms with Gasteiger partial charge in [0.1, 0.15) is 0 Å². The molecule has 4 fully saturated rings. The third-order valence-electron chi connectivity index (χ3n) is 7.16. The first-order chi connectivity index (χ1) is 13.9. The van der Waals surface area contributed by atoms with Crippen LogP contribution in [0.1, 0.15) is 69.2 Å². The van der Waals surface area contributed by atoms with E-state index in [1.54, 1.807) is 6.07 Å². The summed E-state index contributed by atoms with van der Waals surface area (Å²) in [6.45, 7) is 4.01. The van der Waals surface area contributed by atoms with E-state index < -0.39 is 0 Å². The summed E-state index contributed by atoms with van der Waals surface area (Å²) in [5.74, 6) is 2.05. The normalized spacial score (nSPS) is 30.5. The molecule has 2 amide bonds. The minimum absolute atomic E-state index is 0.0654. The molecule has 0 aromatic heterocycles. The number of carbonyl (C=O) groups excluding carboxylic acids is 2. The molecule has 5 nitrogen and oxygen atoms in total. The van der Waals surface area contributed by atoms with Crippen molar-refractivity contribution >= 4 is 34.8 Å². The van der Waals surface area contributed by atoms with E-state index in [1.807, 2.05) is 32.0 Å². The van der Waals surface area contributed by atoms with E-state index in [0.717, 1.165) is 25.7 Å². The summed E-state index contributed by atoms with van der Waals surface area (Å²) in [6.07, 6.45) is 7.76. The van der Waals surface area contributed by atoms with E-state index >= 15 is 0 Å². The molecule has 0 saturated heterocycles. The first kappa shape index (κ1) is 20.3. The molecule has 1 unspecified atom stereocenters. The molecule has 4 aliphatic rings. The van der Waals surface area contributed by atoms with Crippen molar-refractivity contribution in [2.45, 2.75) is 64.8 Å². The highest BCUT2D eigenvalue weighted by atomic mass is 32.1. The van der Waals surface area contributed by atoms with E-state index in [2.05, 4.69) is 16.0 Å². The number of amides is 2. The lowest BCUT2D eigenvalue weighted by molar-refractivity contribution is -0.144. The van der Waals surface area contributed by atoms with Crippen LogP contribution >= 0.6 is 12.2 Å². The lowest BCUT2D eigenvalue weighted by Gasteiger charge is -2.55. The molecular formula is C23H31N3O2S. The molecule has 4 aliphatic carbocycles. The minimum Gasteiger partial charge on any atom is -0.350 e. The van der Waals surface area contributed by atoms with Crippen LogP contribution in [0.2, 0.25) is 0 Å². The van der Waals surface area contributed by atoms with Crippen LogP contribution in [0.4, 0.5) is 5.69 Å². The van der Waals surface area contributed by atoms with Gasteiger partial charge in [0.25, 0.3) is 5.91 Å². The van der Waals surface area contributed by atoms with E-state index in [1.165, 1.54) is 19.3 Å². The lowest BCUT2D eigenvalue weighted by atomic mass is 9.49. The van der Waals surface area contributed by atoms with Crippen molar-refractivity contribution in [2.75, 3.05) is 5.32 Å². The summed E-state index contributed by atoms with van der Waals surface area (Å²) in [4.78, 5) is 25.8. The van der Waals surface area contributed by atoms with Crippen LogP contribution in [-0.4, -0.2) is 23.0 Å². The Morgan fingerprint density at radius 1 is 1.10 bits per heavy atom. The fourth-order valence-corrected chi connectivity index (χ4v) is 6.17. The molecule has 3 N–H and O–H groups in total. The first-order valence-electron chi connectivity index (χ1n) is 10.9. The molecule has 1 aromatic carbocycles. The summed E-state index contributed by atoms with van der Waals surface area (Å²) in [5, 5.41) is 9.29. The SMILES string of the molecule is CCC(C)NC(=O)c1ccccc1NC(=S)NC(=O)C12CC3CC(CC(C3)C1)C2. The van der Waals surface area contributed by atoms with Gasteiger partial charge in [-0.15, -0.1) is 0 Å². The standard InChI is InChI=1S/C23H31N3O2S/c1-3-14(2)24-20(27)18-6-4-5-7-19(18)25-22(29)26-21(28)23-11-15-8-16(12-23)10-17(9-15)13-23/h4-7,14-17H,3,8-13H2,1-2H3,(H,24,27)(H2,25,26,28,29). The van der Waals surface area contributed by atoms with Crippen molar-refractivity contribution in [2.24, 2.45) is 23.2 Å². The maximum absolute atomic E-state index is 13.2. The van der Waals surface area contributed by atoms with Gasteiger partial charge in [0.05, 0.1) is 16.7 Å². The number of benzene rings is 1. The Bertz CT molecular complexity index is 787. The zero-order chi connectivity index (χ0) is 20.6. The van der Waals surface area contributed by atoms with Crippen molar-refractivity contribution in [1.29, 1.82) is 0 Å². The number of hydrogen-bond donors (Lipinski definition) is 3. The maximum Gasteiger partial charge on any atom is 0.253 e. The predicted octanol–water partition coefficient (Wildman–Crippen LogP) is 4.24. The van der Waals surface area contributed by atoms with Crippen molar-refractivity contribution < 1.29 is 9.59 Å². The van der Waals surface area contributed by atoms with Gasteiger partial charge in [-0.05, 0) is 94.0 Å². The average molecular weight is 414 g/mol. The smallest absolute Gasteiger partial charge is 0.253 e. The summed E-state index contributed by atoms with van der Waals surface area (Å²) >= 11 is 5.45. The number of thiocarbonyl (C=S) groups is 1. The maximum atomic E-state index is 13.2. The number of nitrogens with one attached hydrogen (secondary N) is 3. The Balaban J connectivity index is 1.42. The van der Waals surface area contributed by atoms with Crippen LogP contribution in [0.3, 0.4) is 0 Å². The van der Waals surface area contributed by atoms with Crippen molar-refractivity contribution in [3.63, 3.8) is 0 Å². The summed E-state index contributed by atoms with van der Waals surface area (Å²) in [7, 11) is 0. The summed E-state index contributed by atoms with van der Waals surface area (Å²) in [5.41, 5.74) is 0.900. The Kier molecular flexibility index (Phi) is 5.65. The fraction of sp³-hybridized carbons (Fsp3) is 0.609. The van der Waals surface area contributed by atoms with Crippen molar-refractivity contribution in [3.05, 3.63) is 29.8 Å². The molecule has 4 saturated carbocycles. The Morgan fingerprint density at radius 3 is 2.28 bits per heavy atom. The van der Waals surface area contributed by atoms with Crippen molar-refractivity contribution in [1.82, 2.24) is 10.6 Å². The van der Waals surface area contributed by atoms with Crippen LogP contribution in [0.15, 0.2) is 24.3 Å². The van der Waals surface area contributed by atoms with Gasteiger partial charge in [0, 0.05) is 6.04 Å². The van der Waals surface area contributed by atoms with Gasteiger partial charge in [-0.1, -0.05) is 19.1 Å². The monoisotopic (exact) mass is 413 g/mol. The lowest BCUT2D eigenvalue weighted by Crippen LogP contribution is -2.55. The van der Waals surface area contributed by atoms with Crippen LogP contribution in [0.5, 0.6) is 0 Å². The molecule has 5 rings (SSSR count). The van der Waals surface area contributed by atoms with E-state index in [0.29, 0.717) is 29.0 Å². The van der Waals surface area contributed by atoms with Crippen LogP contribution < -0.4 is 16.0 Å². The Hall–Kier alpha value is -1.95. The highest BCUT2D eigenvalue weighted by Gasteiger charge is 2.54. The predicted molar refractivity (Wildman–Crippen MR) is 119 cm³/mol. The van der Waals surface area contributed by atoms with Gasteiger partial charge in [0.15, 0.2) is 5.11 Å². The highest BCUT2D eigenvalue weighted by Crippen LogP contribution is 2.60. The molecule has 156 valence electrons. The molecule has 0 radical (unpaired) electrons. The van der Waals surface area contributed by atoms with E-state index in [9.17, 15) is 9.59 Å². The molecular weight excluding hydrogens is 382 g/mol. The molecule has 0 spiro atoms. The van der Waals surface area contributed by atoms with Gasteiger partial charge < -0.3 is 16.0 Å². The minimum atomic E-state index is -0.242. The Labute approximate surface area is 178 Å². The third-order valence-corrected chi connectivity index (χ3v) is 7.36. The third kappa shape index (κ3) is 4.18. The van der Waals surface area contributed by atoms with Crippen LogP contribution in [-0.2, 0) is 4.79 Å². The topological polar surface area (TPSA) is 70.2 Å². The first-order valence-corrected chi connectivity index (χ1v) is 11.3. The van der Waals surface area contributed by atoms with E-state index in [4.69, 9.17) is 12.2 Å². The fourth-order valence-electron chi connectivity index (χ4n) is 5.97.